The molecule has 2 aromatic rings. The van der Waals surface area contributed by atoms with Crippen molar-refractivity contribution in [2.75, 3.05) is 13.2 Å². The predicted molar refractivity (Wildman–Crippen MR) is 118 cm³/mol. The number of hydrogen-bond donors (Lipinski definition) is 3. The first kappa shape index (κ1) is 21.9. The molecule has 1 aliphatic rings. The Labute approximate surface area is 178 Å². The van der Waals surface area contributed by atoms with Crippen LogP contribution in [0.15, 0.2) is 47.6 Å². The maximum Gasteiger partial charge on any atom is 0.219 e. The number of aromatic nitrogens is 1. The van der Waals surface area contributed by atoms with Crippen LogP contribution in [0, 0.1) is 0 Å². The smallest absolute Gasteiger partial charge is 0.219 e. The van der Waals surface area contributed by atoms with Gasteiger partial charge in [0.2, 0.25) is 5.88 Å². The first-order valence-electron chi connectivity index (χ1n) is 10.8. The summed E-state index contributed by atoms with van der Waals surface area (Å²) in [4.78, 5) is 9.09. The lowest BCUT2D eigenvalue weighted by Gasteiger charge is -2.27. The van der Waals surface area contributed by atoms with E-state index in [2.05, 4.69) is 27.5 Å². The summed E-state index contributed by atoms with van der Waals surface area (Å²) in [6.45, 7) is 5.89. The van der Waals surface area contributed by atoms with E-state index in [1.54, 1.807) is 6.20 Å². The Morgan fingerprint density at radius 2 is 1.87 bits per heavy atom. The summed E-state index contributed by atoms with van der Waals surface area (Å²) in [6, 6.07) is 11.7. The Balaban J connectivity index is 1.58. The van der Waals surface area contributed by atoms with Crippen LogP contribution in [0.25, 0.3) is 0 Å². The van der Waals surface area contributed by atoms with E-state index in [9.17, 15) is 5.11 Å². The lowest BCUT2D eigenvalue weighted by atomic mass is 9.93. The highest BCUT2D eigenvalue weighted by molar-refractivity contribution is 5.80. The van der Waals surface area contributed by atoms with Crippen molar-refractivity contribution in [2.45, 2.75) is 58.2 Å². The molecule has 0 unspecified atom stereocenters. The van der Waals surface area contributed by atoms with E-state index in [-0.39, 0.29) is 6.10 Å². The Kier molecular flexibility index (Phi) is 8.32. The summed E-state index contributed by atoms with van der Waals surface area (Å²) in [7, 11) is 0. The van der Waals surface area contributed by atoms with Crippen LogP contribution in [0.3, 0.4) is 0 Å². The number of aliphatic hydroxyl groups is 1. The zero-order chi connectivity index (χ0) is 21.2. The minimum absolute atomic E-state index is 0.158. The van der Waals surface area contributed by atoms with E-state index in [0.717, 1.165) is 43.8 Å². The number of para-hydroxylation sites is 2. The molecule has 0 spiro atoms. The number of nitrogens with one attached hydrogen (secondary N) is 2. The molecule has 7 heteroatoms. The molecule has 1 aromatic carbocycles. The summed E-state index contributed by atoms with van der Waals surface area (Å²) >= 11 is 0. The highest BCUT2D eigenvalue weighted by Crippen LogP contribution is 2.30. The first-order chi connectivity index (χ1) is 14.7. The van der Waals surface area contributed by atoms with Crippen molar-refractivity contribution in [3.8, 4) is 17.4 Å². The molecule has 0 saturated heterocycles. The molecule has 162 valence electrons. The van der Waals surface area contributed by atoms with Crippen LogP contribution in [0.1, 0.15) is 45.1 Å². The van der Waals surface area contributed by atoms with Crippen molar-refractivity contribution in [1.82, 2.24) is 15.6 Å². The van der Waals surface area contributed by atoms with Gasteiger partial charge in [0, 0.05) is 24.8 Å². The normalized spacial score (nSPS) is 19.2. The van der Waals surface area contributed by atoms with Gasteiger partial charge < -0.3 is 25.2 Å². The first-order valence-corrected chi connectivity index (χ1v) is 10.8. The van der Waals surface area contributed by atoms with Gasteiger partial charge in [-0.3, -0.25) is 0 Å². The molecule has 1 heterocycles. The van der Waals surface area contributed by atoms with Crippen LogP contribution in [0.4, 0.5) is 0 Å². The Hall–Kier alpha value is -2.80. The Morgan fingerprint density at radius 1 is 1.10 bits per heavy atom. The molecule has 1 saturated carbocycles. The van der Waals surface area contributed by atoms with Gasteiger partial charge in [-0.05, 0) is 57.2 Å². The average Bonchev–Trinajstić information content (AvgIpc) is 2.76. The van der Waals surface area contributed by atoms with Gasteiger partial charge >= 0.3 is 0 Å². The second-order valence-electron chi connectivity index (χ2n) is 7.33. The standard InChI is InChI=1S/C23H32N4O3/c1-3-24-23(27-18-10-12-19(28)13-11-18)26-16-17-9-14-22(25-15-17)30-21-8-6-5-7-20(21)29-4-2/h5-9,14-15,18-19,28H,3-4,10-13,16H2,1-2H3,(H2,24,26,27). The molecule has 3 rings (SSSR count). The molecule has 3 N–H and O–H groups in total. The highest BCUT2D eigenvalue weighted by Gasteiger charge is 2.19. The molecule has 30 heavy (non-hydrogen) atoms. The number of nitrogens with zero attached hydrogens (tertiary/aromatic N) is 2. The van der Waals surface area contributed by atoms with Crippen molar-refractivity contribution in [1.29, 1.82) is 0 Å². The van der Waals surface area contributed by atoms with Gasteiger partial charge in [-0.25, -0.2) is 9.98 Å². The van der Waals surface area contributed by atoms with E-state index in [4.69, 9.17) is 9.47 Å². The number of aliphatic hydroxyl groups excluding tert-OH is 1. The average molecular weight is 413 g/mol. The van der Waals surface area contributed by atoms with E-state index < -0.39 is 0 Å². The number of guanidine groups is 1. The fraction of sp³-hybridized carbons (Fsp3) is 0.478. The SMILES string of the molecule is CCNC(=NCc1ccc(Oc2ccccc2OCC)nc1)NC1CCC(O)CC1. The second kappa shape index (κ2) is 11.4. The number of aliphatic imine (C=N–C) groups is 1. The molecule has 0 radical (unpaired) electrons. The van der Waals surface area contributed by atoms with Crippen molar-refractivity contribution in [3.63, 3.8) is 0 Å². The maximum atomic E-state index is 9.68. The molecule has 1 aromatic heterocycles. The van der Waals surface area contributed by atoms with Gasteiger partial charge in [0.1, 0.15) is 0 Å². The van der Waals surface area contributed by atoms with Gasteiger partial charge in [0.05, 0.1) is 19.3 Å². The van der Waals surface area contributed by atoms with Crippen molar-refractivity contribution in [2.24, 2.45) is 4.99 Å². The predicted octanol–water partition coefficient (Wildman–Crippen LogP) is 3.63. The van der Waals surface area contributed by atoms with E-state index in [0.29, 0.717) is 36.6 Å². The highest BCUT2D eigenvalue weighted by atomic mass is 16.5. The van der Waals surface area contributed by atoms with Crippen LogP contribution in [0.5, 0.6) is 17.4 Å². The summed E-state index contributed by atoms with van der Waals surface area (Å²) in [5.41, 5.74) is 0.997. The van der Waals surface area contributed by atoms with Crippen molar-refractivity contribution < 1.29 is 14.6 Å². The third-order valence-electron chi connectivity index (χ3n) is 4.96. The van der Waals surface area contributed by atoms with Crippen LogP contribution in [-0.2, 0) is 6.54 Å². The fourth-order valence-corrected chi connectivity index (χ4v) is 3.39. The van der Waals surface area contributed by atoms with Crippen LogP contribution < -0.4 is 20.1 Å². The van der Waals surface area contributed by atoms with Crippen LogP contribution in [-0.4, -0.2) is 41.3 Å². The number of ether oxygens (including phenoxy) is 2. The van der Waals surface area contributed by atoms with Gasteiger partial charge in [0.15, 0.2) is 17.5 Å². The second-order valence-corrected chi connectivity index (χ2v) is 7.33. The molecule has 0 atom stereocenters. The Morgan fingerprint density at radius 3 is 2.53 bits per heavy atom. The van der Waals surface area contributed by atoms with Gasteiger partial charge in [0.25, 0.3) is 0 Å². The van der Waals surface area contributed by atoms with E-state index in [1.165, 1.54) is 0 Å². The fourth-order valence-electron chi connectivity index (χ4n) is 3.39. The molecule has 0 amide bonds. The number of benzene rings is 1. The molecule has 7 nitrogen and oxygen atoms in total. The topological polar surface area (TPSA) is 88.0 Å². The number of pyridine rings is 1. The lowest BCUT2D eigenvalue weighted by molar-refractivity contribution is 0.120. The summed E-state index contributed by atoms with van der Waals surface area (Å²) < 4.78 is 11.5. The van der Waals surface area contributed by atoms with E-state index in [1.807, 2.05) is 43.3 Å². The largest absolute Gasteiger partial charge is 0.490 e. The quantitative estimate of drug-likeness (QED) is 0.453. The van der Waals surface area contributed by atoms with E-state index >= 15 is 0 Å². The molecule has 0 bridgehead atoms. The lowest BCUT2D eigenvalue weighted by Crippen LogP contribution is -2.45. The molecule has 0 aliphatic heterocycles. The third-order valence-corrected chi connectivity index (χ3v) is 4.96. The number of hydrogen-bond acceptors (Lipinski definition) is 5. The molecular weight excluding hydrogens is 380 g/mol. The summed E-state index contributed by atoms with van der Waals surface area (Å²) in [6.07, 6.45) is 5.23. The zero-order valence-electron chi connectivity index (χ0n) is 17.8. The van der Waals surface area contributed by atoms with Crippen molar-refractivity contribution >= 4 is 5.96 Å². The minimum Gasteiger partial charge on any atom is -0.490 e. The van der Waals surface area contributed by atoms with Gasteiger partial charge in [-0.2, -0.15) is 0 Å². The summed E-state index contributed by atoms with van der Waals surface area (Å²) in [5, 5.41) is 16.4. The monoisotopic (exact) mass is 412 g/mol. The number of rotatable bonds is 8. The minimum atomic E-state index is -0.158. The molecular formula is C23H32N4O3. The van der Waals surface area contributed by atoms with Crippen LogP contribution >= 0.6 is 0 Å². The Bertz CT molecular complexity index is 802. The van der Waals surface area contributed by atoms with Gasteiger partial charge in [-0.15, -0.1) is 0 Å². The maximum absolute atomic E-state index is 9.68. The zero-order valence-corrected chi connectivity index (χ0v) is 17.8. The molecule has 1 aliphatic carbocycles. The summed E-state index contributed by atoms with van der Waals surface area (Å²) in [5.74, 6) is 2.66. The van der Waals surface area contributed by atoms with Crippen LogP contribution in [0.2, 0.25) is 0 Å². The van der Waals surface area contributed by atoms with Crippen molar-refractivity contribution in [3.05, 3.63) is 48.2 Å². The third kappa shape index (κ3) is 6.62. The molecule has 1 fully saturated rings. The van der Waals surface area contributed by atoms with Gasteiger partial charge in [-0.1, -0.05) is 18.2 Å².